The van der Waals surface area contributed by atoms with Gasteiger partial charge in [-0.15, -0.1) is 6.58 Å². The van der Waals surface area contributed by atoms with Gasteiger partial charge < -0.3 is 4.79 Å². The van der Waals surface area contributed by atoms with Crippen molar-refractivity contribution in [2.75, 3.05) is 0 Å². The summed E-state index contributed by atoms with van der Waals surface area (Å²) in [5, 5.41) is 2.88. The van der Waals surface area contributed by atoms with Crippen LogP contribution in [0.2, 0.25) is 6.04 Å². The predicted molar refractivity (Wildman–Crippen MR) is 102 cm³/mol. The van der Waals surface area contributed by atoms with Crippen molar-refractivity contribution < 1.29 is 4.79 Å². The summed E-state index contributed by atoms with van der Waals surface area (Å²) < 4.78 is 0. The first-order valence-electron chi connectivity index (χ1n) is 8.36. The first-order valence-corrected chi connectivity index (χ1v) is 10.6. The number of carbonyl (C=O) groups excluding carboxylic acids is 1. The van der Waals surface area contributed by atoms with E-state index in [2.05, 4.69) is 69.0 Å². The van der Waals surface area contributed by atoms with Gasteiger partial charge in [0.25, 0.3) is 0 Å². The third kappa shape index (κ3) is 3.88. The van der Waals surface area contributed by atoms with E-state index in [1.54, 1.807) is 0 Å². The normalized spacial score (nSPS) is 11.4. The molecule has 0 aliphatic carbocycles. The van der Waals surface area contributed by atoms with Gasteiger partial charge in [0.05, 0.1) is 0 Å². The molecule has 0 aliphatic rings. The lowest BCUT2D eigenvalue weighted by Gasteiger charge is -2.32. The number of hydrogen-bond donors (Lipinski definition) is 0. The molecule has 0 bridgehead atoms. The molecular formula is C21H26OSi. The summed E-state index contributed by atoms with van der Waals surface area (Å²) in [6, 6.07) is 21.7. The quantitative estimate of drug-likeness (QED) is 0.531. The van der Waals surface area contributed by atoms with E-state index in [0.29, 0.717) is 17.7 Å². The van der Waals surface area contributed by atoms with Crippen molar-refractivity contribution in [2.45, 2.75) is 32.7 Å². The van der Waals surface area contributed by atoms with Crippen LogP contribution in [0.1, 0.15) is 26.7 Å². The van der Waals surface area contributed by atoms with Gasteiger partial charge in [0.2, 0.25) is 0 Å². The maximum Gasteiger partial charge on any atom is 0.193 e. The number of allylic oxidation sites excluding steroid dienone is 1. The predicted octanol–water partition coefficient (Wildman–Crippen LogP) is 3.98. The fraction of sp³-hybridized carbons (Fsp3) is 0.286. The molecule has 0 spiro atoms. The van der Waals surface area contributed by atoms with Crippen LogP contribution in [0, 0.1) is 5.92 Å². The zero-order valence-corrected chi connectivity index (χ0v) is 15.2. The second kappa shape index (κ2) is 8.07. The van der Waals surface area contributed by atoms with Crippen LogP contribution in [0.25, 0.3) is 0 Å². The summed E-state index contributed by atoms with van der Waals surface area (Å²) >= 11 is 0. The second-order valence-electron chi connectivity index (χ2n) is 6.49. The minimum Gasteiger partial charge on any atom is -0.304 e. The van der Waals surface area contributed by atoms with Crippen LogP contribution in [-0.4, -0.2) is 13.5 Å². The van der Waals surface area contributed by atoms with E-state index in [4.69, 9.17) is 0 Å². The maximum atomic E-state index is 13.4. The molecule has 120 valence electrons. The van der Waals surface area contributed by atoms with Gasteiger partial charge in [0.1, 0.15) is 5.41 Å². The summed E-state index contributed by atoms with van der Waals surface area (Å²) in [4.78, 5) is 13.4. The number of benzene rings is 2. The van der Waals surface area contributed by atoms with Crippen LogP contribution in [0.3, 0.4) is 0 Å². The standard InChI is InChI=1S/C21H26OSi/c1-4-5-16-23(21(22)17-18(2)3,19-12-8-6-9-13-19)20-14-10-7-11-15-20/h4,6-15,18H,1,5,16-17H2,2-3H3. The van der Waals surface area contributed by atoms with Crippen LogP contribution < -0.4 is 10.4 Å². The molecule has 0 aromatic heterocycles. The van der Waals surface area contributed by atoms with Crippen LogP contribution in [-0.2, 0) is 4.79 Å². The Morgan fingerprint density at radius 2 is 1.48 bits per heavy atom. The van der Waals surface area contributed by atoms with E-state index in [1.807, 2.05) is 18.2 Å². The van der Waals surface area contributed by atoms with Gasteiger partial charge in [-0.25, -0.2) is 0 Å². The molecule has 0 amide bonds. The Bertz CT molecular complexity index is 592. The van der Waals surface area contributed by atoms with Gasteiger partial charge in [-0.2, -0.15) is 0 Å². The van der Waals surface area contributed by atoms with Crippen molar-refractivity contribution in [3.05, 3.63) is 73.3 Å². The van der Waals surface area contributed by atoms with Crippen molar-refractivity contribution in [2.24, 2.45) is 5.92 Å². The van der Waals surface area contributed by atoms with E-state index in [9.17, 15) is 4.79 Å². The highest BCUT2D eigenvalue weighted by molar-refractivity contribution is 7.22. The minimum absolute atomic E-state index is 0.380. The Morgan fingerprint density at radius 3 is 1.87 bits per heavy atom. The van der Waals surface area contributed by atoms with Gasteiger partial charge in [-0.1, -0.05) is 80.6 Å². The lowest BCUT2D eigenvalue weighted by Crippen LogP contribution is -2.64. The molecule has 23 heavy (non-hydrogen) atoms. The molecule has 0 aliphatic heterocycles. The molecule has 1 nitrogen and oxygen atoms in total. The summed E-state index contributed by atoms with van der Waals surface area (Å²) in [5.41, 5.74) is 0. The summed E-state index contributed by atoms with van der Waals surface area (Å²) in [6.07, 6.45) is 3.46. The van der Waals surface area contributed by atoms with Crippen molar-refractivity contribution in [3.8, 4) is 0 Å². The van der Waals surface area contributed by atoms with E-state index in [1.165, 1.54) is 10.4 Å². The Balaban J connectivity index is 2.63. The molecule has 0 atom stereocenters. The first kappa shape index (κ1) is 17.4. The third-order valence-corrected chi connectivity index (χ3v) is 9.16. The third-order valence-electron chi connectivity index (χ3n) is 4.33. The van der Waals surface area contributed by atoms with Crippen molar-refractivity contribution in [3.63, 3.8) is 0 Å². The van der Waals surface area contributed by atoms with Crippen molar-refractivity contribution in [1.29, 1.82) is 0 Å². The summed E-state index contributed by atoms with van der Waals surface area (Å²) in [5.74, 6) is 0.380. The topological polar surface area (TPSA) is 17.1 Å². The molecule has 2 heteroatoms. The van der Waals surface area contributed by atoms with Gasteiger partial charge in [-0.3, -0.25) is 0 Å². The molecule has 0 unspecified atom stereocenters. The van der Waals surface area contributed by atoms with Gasteiger partial charge in [-0.05, 0) is 28.8 Å². The first-order chi connectivity index (χ1) is 11.1. The zero-order valence-electron chi connectivity index (χ0n) is 14.2. The molecule has 2 aromatic carbocycles. The molecule has 0 saturated heterocycles. The maximum absolute atomic E-state index is 13.4. The average Bonchev–Trinajstić information content (AvgIpc) is 2.57. The number of rotatable bonds is 8. The minimum atomic E-state index is -2.45. The van der Waals surface area contributed by atoms with E-state index in [-0.39, 0.29) is 0 Å². The van der Waals surface area contributed by atoms with Gasteiger partial charge in [0, 0.05) is 6.42 Å². The van der Waals surface area contributed by atoms with E-state index >= 15 is 0 Å². The highest BCUT2D eigenvalue weighted by atomic mass is 28.3. The summed E-state index contributed by atoms with van der Waals surface area (Å²) in [7, 11) is -2.45. The number of carbonyl (C=O) groups is 1. The van der Waals surface area contributed by atoms with Crippen LogP contribution in [0.4, 0.5) is 0 Å². The Hall–Kier alpha value is -1.93. The molecule has 0 saturated carbocycles. The smallest absolute Gasteiger partial charge is 0.193 e. The molecule has 0 N–H and O–H groups in total. The SMILES string of the molecule is C=CCC[Si](C(=O)CC(C)C)(c1ccccc1)c1ccccc1. The summed E-state index contributed by atoms with van der Waals surface area (Å²) in [6.45, 7) is 8.13. The number of hydrogen-bond acceptors (Lipinski definition) is 1. The Morgan fingerprint density at radius 1 is 1.00 bits per heavy atom. The van der Waals surface area contributed by atoms with Gasteiger partial charge >= 0.3 is 0 Å². The van der Waals surface area contributed by atoms with E-state index < -0.39 is 8.07 Å². The average molecular weight is 323 g/mol. The zero-order chi connectivity index (χ0) is 16.7. The van der Waals surface area contributed by atoms with Crippen LogP contribution >= 0.6 is 0 Å². The van der Waals surface area contributed by atoms with Crippen LogP contribution in [0.5, 0.6) is 0 Å². The monoisotopic (exact) mass is 322 g/mol. The second-order valence-corrected chi connectivity index (χ2v) is 10.5. The highest BCUT2D eigenvalue weighted by Gasteiger charge is 2.43. The largest absolute Gasteiger partial charge is 0.304 e. The Labute approximate surface area is 141 Å². The molecule has 0 radical (unpaired) electrons. The lowest BCUT2D eigenvalue weighted by molar-refractivity contribution is -0.113. The van der Waals surface area contributed by atoms with E-state index in [0.717, 1.165) is 12.5 Å². The molecule has 0 heterocycles. The van der Waals surface area contributed by atoms with Crippen molar-refractivity contribution >= 4 is 23.9 Å². The fourth-order valence-electron chi connectivity index (χ4n) is 3.23. The van der Waals surface area contributed by atoms with Gasteiger partial charge in [0.15, 0.2) is 8.07 Å². The molecular weight excluding hydrogens is 296 g/mol. The molecule has 2 aromatic rings. The lowest BCUT2D eigenvalue weighted by atomic mass is 10.2. The molecule has 0 fully saturated rings. The van der Waals surface area contributed by atoms with Crippen molar-refractivity contribution in [1.82, 2.24) is 0 Å². The van der Waals surface area contributed by atoms with Crippen LogP contribution in [0.15, 0.2) is 73.3 Å². The highest BCUT2D eigenvalue weighted by Crippen LogP contribution is 2.19. The fourth-order valence-corrected chi connectivity index (χ4v) is 7.98. The Kier molecular flexibility index (Phi) is 6.11. The molecule has 2 rings (SSSR count).